The predicted octanol–water partition coefficient (Wildman–Crippen LogP) is 3.48. The number of thiazole rings is 1. The number of amides is 1. The topological polar surface area (TPSA) is 63.2 Å². The summed E-state index contributed by atoms with van der Waals surface area (Å²) in [6, 6.07) is 17.3. The lowest BCUT2D eigenvalue weighted by molar-refractivity contribution is 0.0958. The van der Waals surface area contributed by atoms with E-state index in [9.17, 15) is 4.79 Å². The predicted molar refractivity (Wildman–Crippen MR) is 90.4 cm³/mol. The summed E-state index contributed by atoms with van der Waals surface area (Å²) in [7, 11) is 0. The Morgan fingerprint density at radius 3 is 2.65 bits per heavy atom. The van der Waals surface area contributed by atoms with Gasteiger partial charge in [-0.25, -0.2) is 4.98 Å². The van der Waals surface area contributed by atoms with Crippen LogP contribution in [0.1, 0.15) is 16.1 Å². The monoisotopic (exact) mass is 325 g/mol. The van der Waals surface area contributed by atoms with Crippen LogP contribution in [-0.4, -0.2) is 10.9 Å². The second-order valence-corrected chi connectivity index (χ2v) is 5.44. The number of hydrogen-bond acceptors (Lipinski definition) is 5. The van der Waals surface area contributed by atoms with Gasteiger partial charge in [0.1, 0.15) is 18.1 Å². The van der Waals surface area contributed by atoms with Crippen molar-refractivity contribution in [2.75, 3.05) is 5.43 Å². The molecule has 0 atom stereocenters. The number of hydrazine groups is 1. The summed E-state index contributed by atoms with van der Waals surface area (Å²) >= 11 is 1.37. The van der Waals surface area contributed by atoms with Crippen LogP contribution in [0.3, 0.4) is 0 Å². The zero-order chi connectivity index (χ0) is 15.9. The second kappa shape index (κ2) is 7.42. The first-order valence-corrected chi connectivity index (χ1v) is 7.97. The van der Waals surface area contributed by atoms with E-state index in [1.165, 1.54) is 11.3 Å². The summed E-state index contributed by atoms with van der Waals surface area (Å²) in [4.78, 5) is 15.9. The van der Waals surface area contributed by atoms with Gasteiger partial charge in [0.05, 0.1) is 11.2 Å². The molecule has 0 bridgehead atoms. The third-order valence-corrected chi connectivity index (χ3v) is 3.69. The molecule has 1 aromatic heterocycles. The molecule has 0 aliphatic carbocycles. The number of ether oxygens (including phenoxy) is 1. The number of hydrogen-bond donors (Lipinski definition) is 2. The fourth-order valence-electron chi connectivity index (χ4n) is 1.94. The van der Waals surface area contributed by atoms with Crippen molar-refractivity contribution in [2.24, 2.45) is 0 Å². The Balaban J connectivity index is 1.62. The quantitative estimate of drug-likeness (QED) is 0.681. The van der Waals surface area contributed by atoms with Gasteiger partial charge in [-0.15, -0.1) is 11.3 Å². The van der Waals surface area contributed by atoms with Crippen LogP contribution in [0.4, 0.5) is 5.69 Å². The van der Waals surface area contributed by atoms with Crippen LogP contribution < -0.4 is 15.6 Å². The molecule has 2 aromatic carbocycles. The Hall–Kier alpha value is -2.86. The molecule has 0 fully saturated rings. The number of benzene rings is 2. The molecule has 1 amide bonds. The highest BCUT2D eigenvalue weighted by atomic mass is 32.1. The summed E-state index contributed by atoms with van der Waals surface area (Å²) in [6.45, 7) is 0.458. The van der Waals surface area contributed by atoms with Crippen molar-refractivity contribution < 1.29 is 9.53 Å². The molecule has 0 saturated heterocycles. The molecule has 0 aliphatic heterocycles. The fourth-order valence-corrected chi connectivity index (χ4v) is 2.48. The molecule has 2 N–H and O–H groups in total. The molecular formula is C17H15N3O2S. The Bertz CT molecular complexity index is 761. The molecule has 0 radical (unpaired) electrons. The molecular weight excluding hydrogens is 310 g/mol. The molecule has 0 unspecified atom stereocenters. The molecule has 6 heteroatoms. The molecule has 1 heterocycles. The van der Waals surface area contributed by atoms with Crippen LogP contribution in [0, 0.1) is 0 Å². The van der Waals surface area contributed by atoms with Crippen molar-refractivity contribution in [2.45, 2.75) is 6.61 Å². The molecule has 3 rings (SSSR count). The maximum atomic E-state index is 11.9. The van der Waals surface area contributed by atoms with E-state index in [0.717, 1.165) is 5.56 Å². The van der Waals surface area contributed by atoms with Crippen LogP contribution in [0.5, 0.6) is 5.75 Å². The lowest BCUT2D eigenvalue weighted by atomic mass is 10.2. The number of para-hydroxylation sites is 2. The fraction of sp³-hybridized carbons (Fsp3) is 0.0588. The van der Waals surface area contributed by atoms with Crippen molar-refractivity contribution in [1.82, 2.24) is 10.4 Å². The van der Waals surface area contributed by atoms with Gasteiger partial charge in [-0.1, -0.05) is 42.5 Å². The Morgan fingerprint density at radius 1 is 1.09 bits per heavy atom. The first kappa shape index (κ1) is 15.1. The Morgan fingerprint density at radius 2 is 1.87 bits per heavy atom. The average Bonchev–Trinajstić information content (AvgIpc) is 3.14. The lowest BCUT2D eigenvalue weighted by Gasteiger charge is -2.13. The van der Waals surface area contributed by atoms with Crippen molar-refractivity contribution in [3.8, 4) is 5.75 Å². The Kier molecular flexibility index (Phi) is 4.85. The van der Waals surface area contributed by atoms with Gasteiger partial charge in [-0.2, -0.15) is 0 Å². The summed E-state index contributed by atoms with van der Waals surface area (Å²) < 4.78 is 5.82. The maximum Gasteiger partial charge on any atom is 0.289 e. The minimum Gasteiger partial charge on any atom is -0.487 e. The lowest BCUT2D eigenvalue weighted by Crippen LogP contribution is -2.29. The van der Waals surface area contributed by atoms with E-state index in [0.29, 0.717) is 23.7 Å². The summed E-state index contributed by atoms with van der Waals surface area (Å²) in [5, 5.41) is 1.69. The molecule has 23 heavy (non-hydrogen) atoms. The number of nitrogens with zero attached hydrogens (tertiary/aromatic N) is 1. The van der Waals surface area contributed by atoms with E-state index in [4.69, 9.17) is 4.74 Å². The normalized spacial score (nSPS) is 10.1. The number of aromatic nitrogens is 1. The van der Waals surface area contributed by atoms with Gasteiger partial charge < -0.3 is 4.74 Å². The van der Waals surface area contributed by atoms with Crippen molar-refractivity contribution in [3.63, 3.8) is 0 Å². The molecule has 3 aromatic rings. The van der Waals surface area contributed by atoms with Gasteiger partial charge >= 0.3 is 0 Å². The average molecular weight is 325 g/mol. The van der Waals surface area contributed by atoms with Crippen LogP contribution in [0.15, 0.2) is 65.5 Å². The van der Waals surface area contributed by atoms with Gasteiger partial charge in [0, 0.05) is 5.38 Å². The van der Waals surface area contributed by atoms with E-state index < -0.39 is 0 Å². The molecule has 0 aliphatic rings. The van der Waals surface area contributed by atoms with Crippen molar-refractivity contribution >= 4 is 22.9 Å². The minimum atomic E-state index is -0.288. The second-order valence-electron chi connectivity index (χ2n) is 4.72. The highest BCUT2D eigenvalue weighted by molar-refractivity contribution is 7.07. The van der Waals surface area contributed by atoms with Gasteiger partial charge in [0.2, 0.25) is 0 Å². The third kappa shape index (κ3) is 4.08. The summed E-state index contributed by atoms with van der Waals surface area (Å²) in [5.41, 5.74) is 9.25. The van der Waals surface area contributed by atoms with Gasteiger partial charge in [0.25, 0.3) is 5.91 Å². The molecule has 0 saturated carbocycles. The number of nitrogens with one attached hydrogen (secondary N) is 2. The zero-order valence-electron chi connectivity index (χ0n) is 12.2. The van der Waals surface area contributed by atoms with Crippen LogP contribution >= 0.6 is 11.3 Å². The van der Waals surface area contributed by atoms with E-state index >= 15 is 0 Å². The van der Waals surface area contributed by atoms with E-state index in [-0.39, 0.29) is 5.91 Å². The SMILES string of the molecule is O=C(NNc1ccccc1OCc1ccccc1)c1cscn1. The zero-order valence-corrected chi connectivity index (χ0v) is 13.0. The van der Waals surface area contributed by atoms with Crippen molar-refractivity contribution in [3.05, 3.63) is 76.7 Å². The third-order valence-electron chi connectivity index (χ3n) is 3.10. The first-order valence-electron chi connectivity index (χ1n) is 7.03. The molecule has 0 spiro atoms. The molecule has 5 nitrogen and oxygen atoms in total. The smallest absolute Gasteiger partial charge is 0.289 e. The first-order chi connectivity index (χ1) is 11.3. The van der Waals surface area contributed by atoms with E-state index in [1.807, 2.05) is 54.6 Å². The highest BCUT2D eigenvalue weighted by Crippen LogP contribution is 2.24. The van der Waals surface area contributed by atoms with Crippen LogP contribution in [-0.2, 0) is 6.61 Å². The maximum absolute atomic E-state index is 11.9. The van der Waals surface area contributed by atoms with Gasteiger partial charge in [-0.3, -0.25) is 15.6 Å². The Labute approximate surface area is 137 Å². The summed E-state index contributed by atoms with van der Waals surface area (Å²) in [5.74, 6) is 0.374. The van der Waals surface area contributed by atoms with Gasteiger partial charge in [-0.05, 0) is 17.7 Å². The standard InChI is InChI=1S/C17H15N3O2S/c21-17(15-11-23-12-18-15)20-19-14-8-4-5-9-16(14)22-10-13-6-2-1-3-7-13/h1-9,11-12,19H,10H2,(H,20,21). The number of carbonyl (C=O) groups is 1. The number of carbonyl (C=O) groups excluding carboxylic acids is 1. The summed E-state index contributed by atoms with van der Waals surface area (Å²) in [6.07, 6.45) is 0. The number of rotatable bonds is 6. The van der Waals surface area contributed by atoms with Crippen molar-refractivity contribution in [1.29, 1.82) is 0 Å². The van der Waals surface area contributed by atoms with Crippen LogP contribution in [0.2, 0.25) is 0 Å². The van der Waals surface area contributed by atoms with E-state index in [2.05, 4.69) is 15.8 Å². The number of anilines is 1. The minimum absolute atomic E-state index is 0.288. The largest absolute Gasteiger partial charge is 0.487 e. The van der Waals surface area contributed by atoms with E-state index in [1.54, 1.807) is 10.9 Å². The molecule has 116 valence electrons. The van der Waals surface area contributed by atoms with Crippen LogP contribution in [0.25, 0.3) is 0 Å². The van der Waals surface area contributed by atoms with Gasteiger partial charge in [0.15, 0.2) is 0 Å². The highest BCUT2D eigenvalue weighted by Gasteiger charge is 2.08.